The van der Waals surface area contributed by atoms with Crippen LogP contribution in [0.1, 0.15) is 34.1 Å². The number of nitrogens with zero attached hydrogens (tertiary/aromatic N) is 1. The van der Waals surface area contributed by atoms with E-state index < -0.39 is 11.8 Å². The molecule has 3 nitrogen and oxygen atoms in total. The largest absolute Gasteiger partial charge is 0.477 e. The second kappa shape index (κ2) is 4.58. The van der Waals surface area contributed by atoms with Crippen molar-refractivity contribution >= 4 is 28.9 Å². The molecule has 0 spiro atoms. The molecule has 1 heterocycles. The Hall–Kier alpha value is -1.46. The molecule has 1 aromatic heterocycles. The monoisotopic (exact) mass is 297 g/mol. The highest BCUT2D eigenvalue weighted by atomic mass is 35.5. The van der Waals surface area contributed by atoms with Crippen LogP contribution in [0, 0.1) is 5.82 Å². The number of carboxylic acid groups (broad SMARTS) is 1. The van der Waals surface area contributed by atoms with Gasteiger partial charge in [-0.15, -0.1) is 11.3 Å². The van der Waals surface area contributed by atoms with Crippen LogP contribution in [-0.2, 0) is 0 Å². The Kier molecular flexibility index (Phi) is 3.03. The minimum absolute atomic E-state index is 0.0428. The van der Waals surface area contributed by atoms with Gasteiger partial charge in [0.25, 0.3) is 0 Å². The lowest BCUT2D eigenvalue weighted by Gasteiger charge is -1.98. The van der Waals surface area contributed by atoms with Crippen molar-refractivity contribution < 1.29 is 14.3 Å². The lowest BCUT2D eigenvalue weighted by atomic mass is 10.2. The summed E-state index contributed by atoms with van der Waals surface area (Å²) in [4.78, 5) is 15.8. The van der Waals surface area contributed by atoms with Crippen LogP contribution in [-0.4, -0.2) is 16.1 Å². The summed E-state index contributed by atoms with van der Waals surface area (Å²) in [5.41, 5.74) is 1.18. The standard InChI is InChI=1S/C13H9ClFNO2S/c14-8-4-3-7(5-9(8)15)12-16-10(6-1-2-6)11(19-12)13(17)18/h3-6H,1-2H2,(H,17,18). The number of hydrogen-bond acceptors (Lipinski definition) is 3. The van der Waals surface area contributed by atoms with E-state index in [1.165, 1.54) is 12.1 Å². The Morgan fingerprint density at radius 1 is 1.47 bits per heavy atom. The predicted molar refractivity (Wildman–Crippen MR) is 71.5 cm³/mol. The van der Waals surface area contributed by atoms with Crippen LogP contribution >= 0.6 is 22.9 Å². The molecular formula is C13H9ClFNO2S. The van der Waals surface area contributed by atoms with Crippen molar-refractivity contribution in [3.05, 3.63) is 39.6 Å². The van der Waals surface area contributed by atoms with Gasteiger partial charge in [0.15, 0.2) is 0 Å². The van der Waals surface area contributed by atoms with Crippen LogP contribution in [0.15, 0.2) is 18.2 Å². The molecule has 2 aromatic rings. The molecule has 0 amide bonds. The van der Waals surface area contributed by atoms with E-state index in [-0.39, 0.29) is 15.8 Å². The molecule has 1 aromatic carbocycles. The highest BCUT2D eigenvalue weighted by Gasteiger charge is 2.32. The van der Waals surface area contributed by atoms with Gasteiger partial charge in [0.2, 0.25) is 0 Å². The molecule has 3 rings (SSSR count). The summed E-state index contributed by atoms with van der Waals surface area (Å²) in [5, 5.41) is 9.74. The summed E-state index contributed by atoms with van der Waals surface area (Å²) in [5.74, 6) is -1.26. The number of carbonyl (C=O) groups is 1. The number of hydrogen-bond donors (Lipinski definition) is 1. The van der Waals surface area contributed by atoms with Crippen LogP contribution in [0.2, 0.25) is 5.02 Å². The van der Waals surface area contributed by atoms with Crippen molar-refractivity contribution in [2.75, 3.05) is 0 Å². The molecule has 1 fully saturated rings. The smallest absolute Gasteiger partial charge is 0.347 e. The van der Waals surface area contributed by atoms with Crippen molar-refractivity contribution in [1.29, 1.82) is 0 Å². The third kappa shape index (κ3) is 2.35. The molecule has 0 radical (unpaired) electrons. The third-order valence-electron chi connectivity index (χ3n) is 2.98. The number of aromatic nitrogens is 1. The summed E-state index contributed by atoms with van der Waals surface area (Å²) >= 11 is 6.71. The lowest BCUT2D eigenvalue weighted by Crippen LogP contribution is -1.97. The first-order chi connectivity index (χ1) is 9.06. The van der Waals surface area contributed by atoms with Gasteiger partial charge >= 0.3 is 5.97 Å². The lowest BCUT2D eigenvalue weighted by molar-refractivity contribution is 0.0700. The number of carboxylic acids is 1. The fourth-order valence-corrected chi connectivity index (χ4v) is 2.98. The van der Waals surface area contributed by atoms with E-state index in [1.807, 2.05) is 0 Å². The van der Waals surface area contributed by atoms with E-state index in [2.05, 4.69) is 4.98 Å². The van der Waals surface area contributed by atoms with Crippen LogP contribution < -0.4 is 0 Å². The predicted octanol–water partition coefficient (Wildman–Crippen LogP) is 4.18. The SMILES string of the molecule is O=C(O)c1sc(-c2ccc(Cl)c(F)c2)nc1C1CC1. The first-order valence-corrected chi connectivity index (χ1v) is 6.95. The minimum Gasteiger partial charge on any atom is -0.477 e. The molecule has 1 aliphatic rings. The van der Waals surface area contributed by atoms with Gasteiger partial charge in [-0.3, -0.25) is 0 Å². The Balaban J connectivity index is 2.07. The number of thiazole rings is 1. The quantitative estimate of drug-likeness (QED) is 0.924. The van der Waals surface area contributed by atoms with E-state index in [9.17, 15) is 14.3 Å². The summed E-state index contributed by atoms with van der Waals surface area (Å²) < 4.78 is 13.4. The van der Waals surface area contributed by atoms with Gasteiger partial charge in [-0.2, -0.15) is 0 Å². The number of halogens is 2. The van der Waals surface area contributed by atoms with Crippen LogP contribution in [0.25, 0.3) is 10.6 Å². The first kappa shape index (κ1) is 12.6. The maximum Gasteiger partial charge on any atom is 0.347 e. The van der Waals surface area contributed by atoms with Crippen molar-refractivity contribution in [2.45, 2.75) is 18.8 Å². The number of aromatic carboxylic acids is 1. The molecule has 0 saturated heterocycles. The zero-order valence-electron chi connectivity index (χ0n) is 9.69. The second-order valence-corrected chi connectivity index (χ2v) is 5.85. The zero-order chi connectivity index (χ0) is 13.6. The van der Waals surface area contributed by atoms with E-state index in [4.69, 9.17) is 11.6 Å². The molecule has 6 heteroatoms. The molecular weight excluding hydrogens is 289 g/mol. The van der Waals surface area contributed by atoms with Gasteiger partial charge < -0.3 is 5.11 Å². The first-order valence-electron chi connectivity index (χ1n) is 5.75. The Bertz CT molecular complexity index is 667. The van der Waals surface area contributed by atoms with Gasteiger partial charge in [-0.05, 0) is 25.0 Å². The maximum atomic E-state index is 13.4. The molecule has 0 bridgehead atoms. The molecule has 0 atom stereocenters. The van der Waals surface area contributed by atoms with Crippen molar-refractivity contribution in [2.24, 2.45) is 0 Å². The van der Waals surface area contributed by atoms with Crippen molar-refractivity contribution in [1.82, 2.24) is 4.98 Å². The Morgan fingerprint density at radius 3 is 2.79 bits per heavy atom. The topological polar surface area (TPSA) is 50.2 Å². The molecule has 1 saturated carbocycles. The van der Waals surface area contributed by atoms with Crippen LogP contribution in [0.4, 0.5) is 4.39 Å². The van der Waals surface area contributed by atoms with Gasteiger partial charge in [-0.25, -0.2) is 14.2 Å². The summed E-state index contributed by atoms with van der Waals surface area (Å²) in [6.45, 7) is 0. The molecule has 1 aliphatic carbocycles. The maximum absolute atomic E-state index is 13.4. The fourth-order valence-electron chi connectivity index (χ4n) is 1.87. The average molecular weight is 298 g/mol. The normalized spacial score (nSPS) is 14.6. The van der Waals surface area contributed by atoms with E-state index in [0.717, 1.165) is 24.2 Å². The van der Waals surface area contributed by atoms with Gasteiger partial charge in [0, 0.05) is 11.5 Å². The van der Waals surface area contributed by atoms with Crippen LogP contribution in [0.5, 0.6) is 0 Å². The molecule has 0 unspecified atom stereocenters. The molecule has 98 valence electrons. The zero-order valence-corrected chi connectivity index (χ0v) is 11.3. The van der Waals surface area contributed by atoms with Gasteiger partial charge in [0.1, 0.15) is 15.7 Å². The highest BCUT2D eigenvalue weighted by molar-refractivity contribution is 7.17. The molecule has 0 aliphatic heterocycles. The Morgan fingerprint density at radius 2 is 2.21 bits per heavy atom. The van der Waals surface area contributed by atoms with E-state index in [1.54, 1.807) is 6.07 Å². The second-order valence-electron chi connectivity index (χ2n) is 4.44. The average Bonchev–Trinajstić information content (AvgIpc) is 3.11. The third-order valence-corrected chi connectivity index (χ3v) is 4.39. The van der Waals surface area contributed by atoms with E-state index >= 15 is 0 Å². The van der Waals surface area contributed by atoms with Gasteiger partial charge in [-0.1, -0.05) is 17.7 Å². The number of rotatable bonds is 3. The summed E-state index contributed by atoms with van der Waals surface area (Å²) in [7, 11) is 0. The molecule has 19 heavy (non-hydrogen) atoms. The summed E-state index contributed by atoms with van der Waals surface area (Å²) in [6, 6.07) is 4.38. The van der Waals surface area contributed by atoms with Crippen LogP contribution in [0.3, 0.4) is 0 Å². The molecule has 1 N–H and O–H groups in total. The summed E-state index contributed by atoms with van der Waals surface area (Å²) in [6.07, 6.45) is 1.94. The number of benzene rings is 1. The van der Waals surface area contributed by atoms with Gasteiger partial charge in [0.05, 0.1) is 10.7 Å². The fraction of sp³-hybridized carbons (Fsp3) is 0.231. The van der Waals surface area contributed by atoms with Crippen molar-refractivity contribution in [3.63, 3.8) is 0 Å². The van der Waals surface area contributed by atoms with Crippen molar-refractivity contribution in [3.8, 4) is 10.6 Å². The van der Waals surface area contributed by atoms with E-state index in [0.29, 0.717) is 16.3 Å². The highest BCUT2D eigenvalue weighted by Crippen LogP contribution is 2.44. The Labute approximate surface area is 117 Å². The minimum atomic E-state index is -0.972.